The molecule has 0 unspecified atom stereocenters. The molecule has 0 spiro atoms. The first-order valence-corrected chi connectivity index (χ1v) is 9.58. The monoisotopic (exact) mass is 373 g/mol. The van der Waals surface area contributed by atoms with Crippen LogP contribution in [0.1, 0.15) is 24.2 Å². The maximum atomic E-state index is 13.2. The molecule has 1 atom stereocenters. The van der Waals surface area contributed by atoms with E-state index in [2.05, 4.69) is 16.4 Å². The topological polar surface area (TPSA) is 62.3 Å². The number of fused-ring (bicyclic) bond motifs is 1. The minimum atomic E-state index is -0.441. The molecule has 5 nitrogen and oxygen atoms in total. The van der Waals surface area contributed by atoms with Crippen molar-refractivity contribution in [3.05, 3.63) is 66.5 Å². The van der Waals surface area contributed by atoms with Crippen LogP contribution in [0, 0.1) is 5.92 Å². The van der Waals surface area contributed by atoms with Crippen molar-refractivity contribution in [2.24, 2.45) is 5.92 Å². The Kier molecular flexibility index (Phi) is 4.82. The van der Waals surface area contributed by atoms with Gasteiger partial charge in [-0.05, 0) is 29.0 Å². The molecule has 142 valence electrons. The van der Waals surface area contributed by atoms with Crippen molar-refractivity contribution in [1.29, 1.82) is 0 Å². The molecule has 4 rings (SSSR count). The Bertz CT molecular complexity index is 1040. The van der Waals surface area contributed by atoms with Crippen LogP contribution in [0.5, 0.6) is 0 Å². The van der Waals surface area contributed by atoms with E-state index in [9.17, 15) is 9.59 Å². The van der Waals surface area contributed by atoms with Crippen LogP contribution < -0.4 is 5.32 Å². The fourth-order valence-corrected chi connectivity index (χ4v) is 3.91. The molecule has 2 amide bonds. The van der Waals surface area contributed by atoms with Crippen molar-refractivity contribution in [3.63, 3.8) is 0 Å². The van der Waals surface area contributed by atoms with Gasteiger partial charge in [-0.1, -0.05) is 50.2 Å². The molecule has 1 aromatic heterocycles. The summed E-state index contributed by atoms with van der Waals surface area (Å²) in [6.07, 6.45) is 3.67. The van der Waals surface area contributed by atoms with Gasteiger partial charge in [-0.15, -0.1) is 0 Å². The molecule has 0 saturated carbocycles. The zero-order valence-corrected chi connectivity index (χ0v) is 16.1. The number of carbonyl (C=O) groups excluding carboxylic acids is 2. The van der Waals surface area contributed by atoms with E-state index in [1.165, 1.54) is 0 Å². The maximum Gasteiger partial charge on any atom is 0.254 e. The number of carbonyl (C=O) groups is 2. The summed E-state index contributed by atoms with van der Waals surface area (Å²) in [6.45, 7) is 4.94. The lowest BCUT2D eigenvalue weighted by Crippen LogP contribution is -2.59. The number of hydrogen-bond acceptors (Lipinski definition) is 3. The van der Waals surface area contributed by atoms with Crippen molar-refractivity contribution in [1.82, 2.24) is 15.2 Å². The highest BCUT2D eigenvalue weighted by Crippen LogP contribution is 2.28. The van der Waals surface area contributed by atoms with Gasteiger partial charge in [-0.2, -0.15) is 0 Å². The zero-order chi connectivity index (χ0) is 19.7. The summed E-state index contributed by atoms with van der Waals surface area (Å²) in [5, 5.41) is 5.02. The molecular weight excluding hydrogens is 350 g/mol. The van der Waals surface area contributed by atoms with Crippen molar-refractivity contribution in [3.8, 4) is 11.1 Å². The molecule has 5 heteroatoms. The van der Waals surface area contributed by atoms with Crippen LogP contribution in [0.2, 0.25) is 0 Å². The van der Waals surface area contributed by atoms with E-state index < -0.39 is 6.04 Å². The highest BCUT2D eigenvalue weighted by Gasteiger charge is 2.35. The van der Waals surface area contributed by atoms with Crippen LogP contribution in [0.15, 0.2) is 60.9 Å². The number of benzene rings is 2. The quantitative estimate of drug-likeness (QED) is 0.764. The van der Waals surface area contributed by atoms with Crippen LogP contribution in [0.4, 0.5) is 0 Å². The van der Waals surface area contributed by atoms with Gasteiger partial charge in [-0.25, -0.2) is 0 Å². The minimum Gasteiger partial charge on any atom is -0.353 e. The van der Waals surface area contributed by atoms with E-state index in [1.807, 2.05) is 68.7 Å². The summed E-state index contributed by atoms with van der Waals surface area (Å²) >= 11 is 0. The summed E-state index contributed by atoms with van der Waals surface area (Å²) in [5.41, 5.74) is 2.52. The number of pyridine rings is 1. The van der Waals surface area contributed by atoms with Crippen molar-refractivity contribution in [2.45, 2.75) is 19.9 Å². The second-order valence-electron chi connectivity index (χ2n) is 7.47. The molecule has 0 radical (unpaired) electrons. The molecule has 0 bridgehead atoms. The number of nitrogens with one attached hydrogen (secondary N) is 1. The summed E-state index contributed by atoms with van der Waals surface area (Å²) in [4.78, 5) is 31.6. The van der Waals surface area contributed by atoms with Gasteiger partial charge < -0.3 is 10.2 Å². The highest BCUT2D eigenvalue weighted by atomic mass is 16.2. The first kappa shape index (κ1) is 18.2. The lowest BCUT2D eigenvalue weighted by molar-refractivity contribution is -0.129. The maximum absolute atomic E-state index is 13.2. The molecule has 0 aliphatic carbocycles. The normalized spacial score (nSPS) is 17.0. The number of nitrogens with zero attached hydrogens (tertiary/aromatic N) is 2. The Balaban J connectivity index is 1.72. The van der Waals surface area contributed by atoms with E-state index in [4.69, 9.17) is 0 Å². The molecular formula is C23H23N3O2. The van der Waals surface area contributed by atoms with Gasteiger partial charge in [0.1, 0.15) is 6.04 Å². The van der Waals surface area contributed by atoms with Gasteiger partial charge in [0.15, 0.2) is 0 Å². The second kappa shape index (κ2) is 7.43. The van der Waals surface area contributed by atoms with Gasteiger partial charge in [-0.3, -0.25) is 14.6 Å². The highest BCUT2D eigenvalue weighted by molar-refractivity contribution is 6.01. The third kappa shape index (κ3) is 3.24. The largest absolute Gasteiger partial charge is 0.353 e. The van der Waals surface area contributed by atoms with E-state index in [0.29, 0.717) is 18.7 Å². The zero-order valence-electron chi connectivity index (χ0n) is 16.1. The van der Waals surface area contributed by atoms with E-state index in [1.54, 1.807) is 4.90 Å². The van der Waals surface area contributed by atoms with Crippen molar-refractivity contribution >= 4 is 22.6 Å². The van der Waals surface area contributed by atoms with Gasteiger partial charge in [0.25, 0.3) is 5.91 Å². The van der Waals surface area contributed by atoms with Crippen molar-refractivity contribution < 1.29 is 9.59 Å². The Morgan fingerprint density at radius 2 is 1.96 bits per heavy atom. The number of aromatic nitrogens is 1. The Hall–Kier alpha value is -3.21. The number of rotatable bonds is 3. The van der Waals surface area contributed by atoms with Crippen LogP contribution in [-0.2, 0) is 4.79 Å². The molecule has 2 aromatic carbocycles. The van der Waals surface area contributed by atoms with Gasteiger partial charge in [0.2, 0.25) is 5.91 Å². The summed E-state index contributed by atoms with van der Waals surface area (Å²) in [6, 6.07) is 15.2. The van der Waals surface area contributed by atoms with Gasteiger partial charge in [0, 0.05) is 42.0 Å². The SMILES string of the molecule is CC(C)[C@H]1C(=O)NCCN1C(=O)c1cccc(-c2cncc3ccccc23)c1. The first-order chi connectivity index (χ1) is 13.6. The third-order valence-electron chi connectivity index (χ3n) is 5.24. The predicted molar refractivity (Wildman–Crippen MR) is 110 cm³/mol. The molecule has 1 saturated heterocycles. The molecule has 28 heavy (non-hydrogen) atoms. The fourth-order valence-electron chi connectivity index (χ4n) is 3.91. The summed E-state index contributed by atoms with van der Waals surface area (Å²) in [5.74, 6) is -0.137. The minimum absolute atomic E-state index is 0.0506. The smallest absolute Gasteiger partial charge is 0.254 e. The first-order valence-electron chi connectivity index (χ1n) is 9.58. The van der Waals surface area contributed by atoms with Gasteiger partial charge >= 0.3 is 0 Å². The van der Waals surface area contributed by atoms with Crippen LogP contribution in [-0.4, -0.2) is 40.8 Å². The molecule has 1 aliphatic heterocycles. The molecule has 2 heterocycles. The molecule has 1 fully saturated rings. The standard InChI is InChI=1S/C23H23N3O2/c1-15(2)21-22(27)25-10-11-26(21)23(28)17-8-5-7-16(12-17)20-14-24-13-18-6-3-4-9-19(18)20/h3-9,12-15,21H,10-11H2,1-2H3,(H,25,27)/t21-/m0/s1. The fraction of sp³-hybridized carbons (Fsp3) is 0.261. The number of piperazine rings is 1. The molecule has 1 aliphatic rings. The van der Waals surface area contributed by atoms with Crippen LogP contribution >= 0.6 is 0 Å². The Morgan fingerprint density at radius 1 is 1.14 bits per heavy atom. The molecule has 3 aromatic rings. The molecule has 1 N–H and O–H groups in total. The van der Waals surface area contributed by atoms with Gasteiger partial charge in [0.05, 0.1) is 0 Å². The van der Waals surface area contributed by atoms with Crippen LogP contribution in [0.25, 0.3) is 21.9 Å². The number of hydrogen-bond donors (Lipinski definition) is 1. The average molecular weight is 373 g/mol. The Labute approximate surface area is 164 Å². The lowest BCUT2D eigenvalue weighted by Gasteiger charge is -2.37. The summed E-state index contributed by atoms with van der Waals surface area (Å²) in [7, 11) is 0. The van der Waals surface area contributed by atoms with E-state index in [0.717, 1.165) is 21.9 Å². The average Bonchev–Trinajstić information content (AvgIpc) is 2.72. The predicted octanol–water partition coefficient (Wildman–Crippen LogP) is 3.50. The summed E-state index contributed by atoms with van der Waals surface area (Å²) < 4.78 is 0. The lowest BCUT2D eigenvalue weighted by atomic mass is 9.96. The third-order valence-corrected chi connectivity index (χ3v) is 5.24. The second-order valence-corrected chi connectivity index (χ2v) is 7.47. The van der Waals surface area contributed by atoms with E-state index >= 15 is 0 Å². The van der Waals surface area contributed by atoms with E-state index in [-0.39, 0.29) is 17.7 Å². The number of amides is 2. The Morgan fingerprint density at radius 3 is 2.79 bits per heavy atom. The van der Waals surface area contributed by atoms with Crippen molar-refractivity contribution in [2.75, 3.05) is 13.1 Å². The van der Waals surface area contributed by atoms with Crippen LogP contribution in [0.3, 0.4) is 0 Å².